The number of halogens is 4. The average molecular weight is 473 g/mol. The van der Waals surface area contributed by atoms with E-state index in [4.69, 9.17) is 5.84 Å². The minimum atomic E-state index is -0.255. The second-order valence-electron chi connectivity index (χ2n) is 3.93. The molecule has 2 rings (SSSR count). The van der Waals surface area contributed by atoms with Gasteiger partial charge in [-0.1, -0.05) is 22.0 Å². The molecule has 2 nitrogen and oxygen atoms in total. The van der Waals surface area contributed by atoms with Crippen molar-refractivity contribution < 1.29 is 4.39 Å². The third kappa shape index (κ3) is 3.86. The first-order valence-electron chi connectivity index (χ1n) is 5.36. The van der Waals surface area contributed by atoms with Crippen LogP contribution in [0.4, 0.5) is 4.39 Å². The van der Waals surface area contributed by atoms with Gasteiger partial charge in [-0.25, -0.2) is 4.39 Å². The molecule has 0 aliphatic heterocycles. The van der Waals surface area contributed by atoms with E-state index >= 15 is 0 Å². The molecule has 1 aromatic heterocycles. The predicted molar refractivity (Wildman–Crippen MR) is 87.6 cm³/mol. The average Bonchev–Trinajstić information content (AvgIpc) is 2.68. The summed E-state index contributed by atoms with van der Waals surface area (Å²) in [5.41, 5.74) is 3.81. The summed E-state index contributed by atoms with van der Waals surface area (Å²) in [5, 5.41) is 0. The lowest BCUT2D eigenvalue weighted by Crippen LogP contribution is -2.29. The summed E-state index contributed by atoms with van der Waals surface area (Å²) in [6.07, 6.45) is 0.677. The number of hydrogen-bond acceptors (Lipinski definition) is 3. The lowest BCUT2D eigenvalue weighted by atomic mass is 10.1. The molecule has 7 heteroatoms. The normalized spacial score (nSPS) is 12.7. The topological polar surface area (TPSA) is 38.0 Å². The molecule has 1 atom stereocenters. The van der Waals surface area contributed by atoms with Crippen LogP contribution in [0.1, 0.15) is 16.5 Å². The second-order valence-corrected chi connectivity index (χ2v) is 8.04. The Balaban J connectivity index is 2.23. The van der Waals surface area contributed by atoms with Crippen molar-refractivity contribution in [1.29, 1.82) is 0 Å². The number of benzene rings is 1. The van der Waals surface area contributed by atoms with Crippen LogP contribution >= 0.6 is 59.1 Å². The molecular formula is C12H10Br3FN2S. The molecule has 0 aliphatic carbocycles. The highest BCUT2D eigenvalue weighted by molar-refractivity contribution is 9.13. The van der Waals surface area contributed by atoms with E-state index in [1.165, 1.54) is 12.1 Å². The van der Waals surface area contributed by atoms with E-state index in [0.29, 0.717) is 6.42 Å². The quantitative estimate of drug-likeness (QED) is 0.489. The highest BCUT2D eigenvalue weighted by atomic mass is 79.9. The number of hydrogen-bond donors (Lipinski definition) is 2. The van der Waals surface area contributed by atoms with Crippen LogP contribution in [0, 0.1) is 5.82 Å². The van der Waals surface area contributed by atoms with E-state index in [0.717, 1.165) is 23.2 Å². The molecule has 2 aromatic rings. The molecule has 1 aromatic carbocycles. The maximum atomic E-state index is 13.1. The smallest absolute Gasteiger partial charge is 0.124 e. The summed E-state index contributed by atoms with van der Waals surface area (Å²) < 4.78 is 15.9. The minimum absolute atomic E-state index is 0.0191. The van der Waals surface area contributed by atoms with E-state index < -0.39 is 0 Å². The Morgan fingerprint density at radius 3 is 2.47 bits per heavy atom. The van der Waals surface area contributed by atoms with E-state index in [1.54, 1.807) is 17.4 Å². The van der Waals surface area contributed by atoms with Gasteiger partial charge < -0.3 is 0 Å². The Morgan fingerprint density at radius 1 is 1.21 bits per heavy atom. The molecule has 0 saturated heterocycles. The van der Waals surface area contributed by atoms with Crippen LogP contribution in [0.2, 0.25) is 0 Å². The molecule has 3 N–H and O–H groups in total. The fourth-order valence-electron chi connectivity index (χ4n) is 1.68. The van der Waals surface area contributed by atoms with Gasteiger partial charge in [-0.05, 0) is 62.0 Å². The van der Waals surface area contributed by atoms with Gasteiger partial charge in [0.1, 0.15) is 5.82 Å². The number of nitrogens with two attached hydrogens (primary N) is 1. The van der Waals surface area contributed by atoms with Gasteiger partial charge in [0.2, 0.25) is 0 Å². The van der Waals surface area contributed by atoms with Crippen LogP contribution < -0.4 is 11.3 Å². The Morgan fingerprint density at radius 2 is 1.95 bits per heavy atom. The third-order valence-electron chi connectivity index (χ3n) is 2.65. The number of rotatable bonds is 4. The van der Waals surface area contributed by atoms with Crippen molar-refractivity contribution in [2.24, 2.45) is 5.84 Å². The van der Waals surface area contributed by atoms with Gasteiger partial charge in [0.25, 0.3) is 0 Å². The van der Waals surface area contributed by atoms with Crippen LogP contribution in [0.15, 0.2) is 37.0 Å². The zero-order chi connectivity index (χ0) is 14.0. The fraction of sp³-hybridized carbons (Fsp3) is 0.167. The maximum absolute atomic E-state index is 13.1. The maximum Gasteiger partial charge on any atom is 0.124 e. The third-order valence-corrected chi connectivity index (χ3v) is 6.76. The molecule has 1 unspecified atom stereocenters. The van der Waals surface area contributed by atoms with Gasteiger partial charge >= 0.3 is 0 Å². The summed E-state index contributed by atoms with van der Waals surface area (Å²) in [6.45, 7) is 0. The SMILES string of the molecule is NNC(Cc1ccc(F)cc1Br)c1cc(Br)c(Br)s1. The van der Waals surface area contributed by atoms with Crippen LogP contribution in [0.5, 0.6) is 0 Å². The molecular weight excluding hydrogens is 463 g/mol. The van der Waals surface area contributed by atoms with E-state index in [-0.39, 0.29) is 11.9 Å². The highest BCUT2D eigenvalue weighted by Crippen LogP contribution is 2.36. The summed E-state index contributed by atoms with van der Waals surface area (Å²) in [7, 11) is 0. The van der Waals surface area contributed by atoms with Gasteiger partial charge in [0.15, 0.2) is 0 Å². The largest absolute Gasteiger partial charge is 0.271 e. The number of thiophene rings is 1. The van der Waals surface area contributed by atoms with Crippen molar-refractivity contribution in [2.45, 2.75) is 12.5 Å². The zero-order valence-electron chi connectivity index (χ0n) is 9.59. The number of nitrogens with one attached hydrogen (secondary N) is 1. The van der Waals surface area contributed by atoms with Crippen LogP contribution in [-0.4, -0.2) is 0 Å². The van der Waals surface area contributed by atoms with Crippen LogP contribution in [0.3, 0.4) is 0 Å². The van der Waals surface area contributed by atoms with Crippen molar-refractivity contribution in [3.05, 3.63) is 53.3 Å². The lowest BCUT2D eigenvalue weighted by molar-refractivity contribution is 0.558. The minimum Gasteiger partial charge on any atom is -0.271 e. The first kappa shape index (κ1) is 15.6. The molecule has 0 fully saturated rings. The van der Waals surface area contributed by atoms with Gasteiger partial charge in [-0.2, -0.15) is 0 Å². The molecule has 0 radical (unpaired) electrons. The highest BCUT2D eigenvalue weighted by Gasteiger charge is 2.16. The van der Waals surface area contributed by atoms with Crippen molar-refractivity contribution >= 4 is 59.1 Å². The summed E-state index contributed by atoms with van der Waals surface area (Å²) in [6, 6.07) is 6.68. The molecule has 19 heavy (non-hydrogen) atoms. The monoisotopic (exact) mass is 470 g/mol. The zero-order valence-corrected chi connectivity index (χ0v) is 15.2. The standard InChI is InChI=1S/C12H10Br3FN2S/c13-8-4-7(16)2-1-6(8)3-10(18-17)11-5-9(14)12(15)19-11/h1-2,4-5,10,18H,3,17H2. The molecule has 1 heterocycles. The predicted octanol–water partition coefficient (Wildman–Crippen LogP) is 4.92. The van der Waals surface area contributed by atoms with Gasteiger partial charge in [-0.15, -0.1) is 11.3 Å². The summed E-state index contributed by atoms with van der Waals surface area (Å²) in [4.78, 5) is 1.11. The molecule has 0 aliphatic rings. The fourth-order valence-corrected chi connectivity index (χ4v) is 4.35. The van der Waals surface area contributed by atoms with Gasteiger partial charge in [-0.3, -0.25) is 11.3 Å². The van der Waals surface area contributed by atoms with E-state index in [1.807, 2.05) is 6.07 Å². The Kier molecular flexibility index (Phi) is 5.56. The van der Waals surface area contributed by atoms with Crippen LogP contribution in [0.25, 0.3) is 0 Å². The van der Waals surface area contributed by atoms with Gasteiger partial charge in [0, 0.05) is 13.8 Å². The summed E-state index contributed by atoms with van der Waals surface area (Å²) in [5.74, 6) is 5.37. The first-order chi connectivity index (χ1) is 9.01. The lowest BCUT2D eigenvalue weighted by Gasteiger charge is -2.15. The molecule has 0 amide bonds. The Hall–Kier alpha value is 0.210. The van der Waals surface area contributed by atoms with Crippen molar-refractivity contribution in [3.8, 4) is 0 Å². The van der Waals surface area contributed by atoms with Crippen molar-refractivity contribution in [1.82, 2.24) is 5.43 Å². The first-order valence-corrected chi connectivity index (χ1v) is 8.55. The van der Waals surface area contributed by atoms with Crippen LogP contribution in [-0.2, 0) is 6.42 Å². The Labute approximate surface area is 139 Å². The molecule has 0 spiro atoms. The van der Waals surface area contributed by atoms with E-state index in [9.17, 15) is 4.39 Å². The Bertz CT molecular complexity index is 569. The molecule has 0 bridgehead atoms. The van der Waals surface area contributed by atoms with Crippen molar-refractivity contribution in [3.63, 3.8) is 0 Å². The van der Waals surface area contributed by atoms with E-state index in [2.05, 4.69) is 53.2 Å². The van der Waals surface area contributed by atoms with Gasteiger partial charge in [0.05, 0.1) is 9.83 Å². The molecule has 0 saturated carbocycles. The molecule has 102 valence electrons. The van der Waals surface area contributed by atoms with Crippen molar-refractivity contribution in [2.75, 3.05) is 0 Å². The summed E-state index contributed by atoms with van der Waals surface area (Å²) >= 11 is 11.9. The number of hydrazine groups is 1. The second kappa shape index (κ2) is 6.78.